The van der Waals surface area contributed by atoms with E-state index in [1.807, 2.05) is 16.9 Å². The molecule has 3 heterocycles. The molecular formula is C26H32N4O. The van der Waals surface area contributed by atoms with Crippen molar-refractivity contribution in [2.75, 3.05) is 13.1 Å². The molecule has 1 fully saturated rings. The summed E-state index contributed by atoms with van der Waals surface area (Å²) in [6.07, 6.45) is 15.0. The van der Waals surface area contributed by atoms with Crippen molar-refractivity contribution in [1.82, 2.24) is 19.5 Å². The summed E-state index contributed by atoms with van der Waals surface area (Å²) in [5.41, 5.74) is 5.73. The lowest BCUT2D eigenvalue weighted by molar-refractivity contribution is -0.132. The Morgan fingerprint density at radius 2 is 1.74 bits per heavy atom. The highest BCUT2D eigenvalue weighted by Crippen LogP contribution is 2.31. The van der Waals surface area contributed by atoms with Crippen molar-refractivity contribution in [2.45, 2.75) is 64.2 Å². The van der Waals surface area contributed by atoms with E-state index >= 15 is 0 Å². The van der Waals surface area contributed by atoms with E-state index in [-0.39, 0.29) is 0 Å². The van der Waals surface area contributed by atoms with Gasteiger partial charge in [-0.05, 0) is 68.6 Å². The molecular weight excluding hydrogens is 384 g/mol. The van der Waals surface area contributed by atoms with Crippen molar-refractivity contribution in [1.29, 1.82) is 0 Å². The highest BCUT2D eigenvalue weighted by Gasteiger charge is 2.32. The number of aryl methyl sites for hydroxylation is 2. The molecule has 1 aromatic carbocycles. The number of benzene rings is 1. The summed E-state index contributed by atoms with van der Waals surface area (Å²) in [5.74, 6) is 0.726. The minimum absolute atomic E-state index is 0.321. The Kier molecular flexibility index (Phi) is 6.01. The number of hydrogen-bond acceptors (Lipinski definition) is 3. The van der Waals surface area contributed by atoms with Gasteiger partial charge >= 0.3 is 0 Å². The average Bonchev–Trinajstić information content (AvgIpc) is 3.56. The van der Waals surface area contributed by atoms with Crippen LogP contribution in [0.15, 0.2) is 42.7 Å². The highest BCUT2D eigenvalue weighted by molar-refractivity contribution is 5.81. The molecule has 0 N–H and O–H groups in total. The normalized spacial score (nSPS) is 18.6. The Balaban J connectivity index is 1.37. The second-order valence-corrected chi connectivity index (χ2v) is 9.17. The molecule has 2 aliphatic rings. The number of nitrogens with zero attached hydrogens (tertiary/aromatic N) is 4. The molecule has 4 bridgehead atoms. The maximum Gasteiger partial charge on any atom is 0.225 e. The van der Waals surface area contributed by atoms with Gasteiger partial charge in [0.1, 0.15) is 0 Å². The first-order valence-electron chi connectivity index (χ1n) is 12.0. The van der Waals surface area contributed by atoms with Crippen molar-refractivity contribution in [3.8, 4) is 11.1 Å². The van der Waals surface area contributed by atoms with Crippen molar-refractivity contribution >= 4 is 11.6 Å². The molecule has 0 saturated heterocycles. The topological polar surface area (TPSA) is 50.5 Å². The fourth-order valence-corrected chi connectivity index (χ4v) is 4.66. The fraction of sp³-hybridized carbons (Fsp3) is 0.500. The summed E-state index contributed by atoms with van der Waals surface area (Å²) in [7, 11) is 0. The Hall–Kier alpha value is -2.69. The zero-order valence-corrected chi connectivity index (χ0v) is 18.3. The van der Waals surface area contributed by atoms with Crippen LogP contribution in [0.2, 0.25) is 0 Å². The maximum atomic E-state index is 12.7. The first-order chi connectivity index (χ1) is 15.3. The Morgan fingerprint density at radius 3 is 2.55 bits per heavy atom. The van der Waals surface area contributed by atoms with E-state index in [1.54, 1.807) is 0 Å². The standard InChI is InChI=1S/C26H32N4O/c31-26(21-12-13-21)29-15-5-1-3-8-20-9-7-10-22(18-20)24-19-27-30-17-14-23(28-25(24)30)11-4-2-6-16-29/h7,9-10,14,17-19,21H,1-6,8,11-13,15-16H2. The van der Waals surface area contributed by atoms with E-state index in [2.05, 4.69) is 40.3 Å². The molecule has 5 heteroatoms. The molecule has 0 spiro atoms. The minimum Gasteiger partial charge on any atom is -0.342 e. The summed E-state index contributed by atoms with van der Waals surface area (Å²) in [5, 5.41) is 4.52. The highest BCUT2D eigenvalue weighted by atomic mass is 16.2. The van der Waals surface area contributed by atoms with Crippen LogP contribution < -0.4 is 0 Å². The van der Waals surface area contributed by atoms with Crippen LogP contribution in [0, 0.1) is 5.92 Å². The van der Waals surface area contributed by atoms with Gasteiger partial charge in [-0.25, -0.2) is 9.50 Å². The molecule has 31 heavy (non-hydrogen) atoms. The number of carbonyl (C=O) groups is 1. The number of aromatic nitrogens is 3. The lowest BCUT2D eigenvalue weighted by Gasteiger charge is -2.23. The second-order valence-electron chi connectivity index (χ2n) is 9.17. The summed E-state index contributed by atoms with van der Waals surface area (Å²) in [6.45, 7) is 1.84. The van der Waals surface area contributed by atoms with E-state index in [9.17, 15) is 4.79 Å². The van der Waals surface area contributed by atoms with Gasteiger partial charge < -0.3 is 4.90 Å². The molecule has 5 rings (SSSR count). The van der Waals surface area contributed by atoms with E-state index in [4.69, 9.17) is 4.98 Å². The molecule has 0 unspecified atom stereocenters. The van der Waals surface area contributed by atoms with Gasteiger partial charge in [-0.15, -0.1) is 0 Å². The molecule has 3 aromatic rings. The summed E-state index contributed by atoms with van der Waals surface area (Å²) >= 11 is 0. The fourth-order valence-electron chi connectivity index (χ4n) is 4.66. The zero-order valence-electron chi connectivity index (χ0n) is 18.3. The minimum atomic E-state index is 0.321. The first-order valence-corrected chi connectivity index (χ1v) is 12.0. The third-order valence-electron chi connectivity index (χ3n) is 6.66. The molecule has 5 nitrogen and oxygen atoms in total. The molecule has 1 saturated carbocycles. The van der Waals surface area contributed by atoms with Gasteiger partial charge in [-0.1, -0.05) is 37.1 Å². The van der Waals surface area contributed by atoms with Crippen LogP contribution in [0.5, 0.6) is 0 Å². The quantitative estimate of drug-likeness (QED) is 0.556. The van der Waals surface area contributed by atoms with Crippen molar-refractivity contribution in [2.24, 2.45) is 5.92 Å². The van der Waals surface area contributed by atoms with Crippen molar-refractivity contribution < 1.29 is 4.79 Å². The van der Waals surface area contributed by atoms with E-state index < -0.39 is 0 Å². The summed E-state index contributed by atoms with van der Waals surface area (Å²) < 4.78 is 1.88. The largest absolute Gasteiger partial charge is 0.342 e. The van der Waals surface area contributed by atoms with Crippen LogP contribution in [0.3, 0.4) is 0 Å². The molecule has 0 radical (unpaired) electrons. The summed E-state index contributed by atoms with van der Waals surface area (Å²) in [4.78, 5) is 19.8. The van der Waals surface area contributed by atoms with Gasteiger partial charge in [0.15, 0.2) is 5.65 Å². The van der Waals surface area contributed by atoms with Gasteiger partial charge in [0.05, 0.1) is 6.20 Å². The molecule has 1 aliphatic carbocycles. The Bertz CT molecular complexity index is 1050. The van der Waals surface area contributed by atoms with E-state index in [0.29, 0.717) is 11.8 Å². The molecule has 2 aromatic heterocycles. The van der Waals surface area contributed by atoms with Gasteiger partial charge in [0.25, 0.3) is 0 Å². The van der Waals surface area contributed by atoms with Crippen LogP contribution >= 0.6 is 0 Å². The monoisotopic (exact) mass is 416 g/mol. The predicted octanol–water partition coefficient (Wildman–Crippen LogP) is 5.07. The lowest BCUT2D eigenvalue weighted by atomic mass is 10.0. The maximum absolute atomic E-state index is 12.7. The smallest absolute Gasteiger partial charge is 0.225 e. The Morgan fingerprint density at radius 1 is 0.935 bits per heavy atom. The third kappa shape index (κ3) is 4.81. The number of amides is 1. The number of rotatable bonds is 1. The van der Waals surface area contributed by atoms with Crippen LogP contribution in [0.1, 0.15) is 62.6 Å². The van der Waals surface area contributed by atoms with Gasteiger partial charge in [-0.3, -0.25) is 4.79 Å². The van der Waals surface area contributed by atoms with Crippen LogP contribution in [-0.2, 0) is 17.6 Å². The number of carbonyl (C=O) groups excluding carboxylic acids is 1. The average molecular weight is 417 g/mol. The van der Waals surface area contributed by atoms with Crippen LogP contribution in [-0.4, -0.2) is 38.5 Å². The molecule has 162 valence electrons. The van der Waals surface area contributed by atoms with Crippen LogP contribution in [0.25, 0.3) is 16.8 Å². The van der Waals surface area contributed by atoms with Crippen molar-refractivity contribution in [3.05, 3.63) is 54.0 Å². The van der Waals surface area contributed by atoms with Gasteiger partial charge in [-0.2, -0.15) is 5.10 Å². The van der Waals surface area contributed by atoms with Crippen LogP contribution in [0.4, 0.5) is 0 Å². The Labute approximate surface area is 184 Å². The van der Waals surface area contributed by atoms with E-state index in [1.165, 1.54) is 17.5 Å². The van der Waals surface area contributed by atoms with E-state index in [0.717, 1.165) is 87.8 Å². The predicted molar refractivity (Wildman–Crippen MR) is 123 cm³/mol. The number of hydrogen-bond donors (Lipinski definition) is 0. The second kappa shape index (κ2) is 9.21. The first kappa shape index (κ1) is 20.2. The van der Waals surface area contributed by atoms with Gasteiger partial charge in [0.2, 0.25) is 5.91 Å². The third-order valence-corrected chi connectivity index (χ3v) is 6.66. The SMILES string of the molecule is O=C(C1CC1)N1CCCCCc2cccc(c2)-c2cnn3ccc(nc23)CCCCC1. The summed E-state index contributed by atoms with van der Waals surface area (Å²) in [6, 6.07) is 10.9. The van der Waals surface area contributed by atoms with Gasteiger partial charge in [0, 0.05) is 36.5 Å². The lowest BCUT2D eigenvalue weighted by Crippen LogP contribution is -2.34. The molecule has 1 amide bonds. The zero-order chi connectivity index (χ0) is 21.0. The van der Waals surface area contributed by atoms with Crippen molar-refractivity contribution in [3.63, 3.8) is 0 Å². The number of fused-ring (bicyclic) bond motifs is 4. The molecule has 1 aliphatic heterocycles. The molecule has 0 atom stereocenters.